The Kier molecular flexibility index (Phi) is 5.61. The quantitative estimate of drug-likeness (QED) is 0.825. The van der Waals surface area contributed by atoms with Gasteiger partial charge in [0.1, 0.15) is 5.75 Å². The smallest absolute Gasteiger partial charge is 0.240 e. The van der Waals surface area contributed by atoms with Gasteiger partial charge in [-0.3, -0.25) is 0 Å². The van der Waals surface area contributed by atoms with E-state index >= 15 is 0 Å². The van der Waals surface area contributed by atoms with Crippen molar-refractivity contribution in [2.45, 2.75) is 23.8 Å². The summed E-state index contributed by atoms with van der Waals surface area (Å²) in [6.07, 6.45) is 2.21. The molecule has 1 saturated carbocycles. The molecule has 1 unspecified atom stereocenters. The number of hydrogen-bond donors (Lipinski definition) is 2. The monoisotopic (exact) mass is 306 g/mol. The summed E-state index contributed by atoms with van der Waals surface area (Å²) < 4.78 is 31.5. The molecule has 0 bridgehead atoms. The van der Waals surface area contributed by atoms with Crippen LogP contribution >= 0.6 is 12.4 Å². The Morgan fingerprint density at radius 1 is 1.37 bits per heavy atom. The summed E-state index contributed by atoms with van der Waals surface area (Å²) in [5.74, 6) is 1.10. The van der Waals surface area contributed by atoms with Crippen LogP contribution in [0.5, 0.6) is 5.75 Å². The summed E-state index contributed by atoms with van der Waals surface area (Å²) in [4.78, 5) is 0.228. The van der Waals surface area contributed by atoms with Gasteiger partial charge in [-0.2, -0.15) is 0 Å². The highest BCUT2D eigenvalue weighted by Crippen LogP contribution is 2.31. The fraction of sp³-hybridized carbons (Fsp3) is 0.500. The molecular weight excluding hydrogens is 288 g/mol. The fourth-order valence-electron chi connectivity index (χ4n) is 1.74. The first-order chi connectivity index (χ1) is 8.53. The van der Waals surface area contributed by atoms with E-state index in [4.69, 9.17) is 10.5 Å². The zero-order chi connectivity index (χ0) is 13.2. The topological polar surface area (TPSA) is 81.4 Å². The van der Waals surface area contributed by atoms with Crippen LogP contribution in [0.2, 0.25) is 0 Å². The minimum Gasteiger partial charge on any atom is -0.497 e. The van der Waals surface area contributed by atoms with Crippen molar-refractivity contribution < 1.29 is 13.2 Å². The predicted molar refractivity (Wildman–Crippen MR) is 76.1 cm³/mol. The summed E-state index contributed by atoms with van der Waals surface area (Å²) in [5.41, 5.74) is 5.86. The number of sulfonamides is 1. The van der Waals surface area contributed by atoms with Crippen LogP contribution in [-0.4, -0.2) is 28.1 Å². The lowest BCUT2D eigenvalue weighted by atomic mass is 10.2. The second-order valence-corrected chi connectivity index (χ2v) is 6.30. The molecule has 108 valence electrons. The Balaban J connectivity index is 0.00000180. The molecular formula is C12H19ClN2O3S. The zero-order valence-electron chi connectivity index (χ0n) is 10.7. The van der Waals surface area contributed by atoms with Crippen LogP contribution in [0.4, 0.5) is 0 Å². The van der Waals surface area contributed by atoms with Crippen molar-refractivity contribution in [3.8, 4) is 5.75 Å². The lowest BCUT2D eigenvalue weighted by molar-refractivity contribution is 0.414. The van der Waals surface area contributed by atoms with E-state index in [2.05, 4.69) is 4.72 Å². The number of rotatable bonds is 6. The third-order valence-corrected chi connectivity index (χ3v) is 4.55. The van der Waals surface area contributed by atoms with E-state index in [0.717, 1.165) is 12.8 Å². The first-order valence-corrected chi connectivity index (χ1v) is 7.40. The van der Waals surface area contributed by atoms with E-state index in [-0.39, 0.29) is 23.3 Å². The average molecular weight is 307 g/mol. The van der Waals surface area contributed by atoms with Gasteiger partial charge in [-0.25, -0.2) is 13.1 Å². The lowest BCUT2D eigenvalue weighted by Gasteiger charge is -2.12. The molecule has 0 amide bonds. The number of ether oxygens (including phenoxy) is 1. The van der Waals surface area contributed by atoms with Crippen molar-refractivity contribution in [1.29, 1.82) is 0 Å². The summed E-state index contributed by atoms with van der Waals surface area (Å²) in [5, 5.41) is 0. The summed E-state index contributed by atoms with van der Waals surface area (Å²) in [7, 11) is -1.93. The lowest BCUT2D eigenvalue weighted by Crippen LogP contribution is -2.38. The van der Waals surface area contributed by atoms with Crippen LogP contribution in [-0.2, 0) is 10.0 Å². The number of hydrogen-bond acceptors (Lipinski definition) is 4. The van der Waals surface area contributed by atoms with E-state index in [1.54, 1.807) is 12.1 Å². The Morgan fingerprint density at radius 2 is 1.95 bits per heavy atom. The Bertz CT molecular complexity index is 500. The van der Waals surface area contributed by atoms with Gasteiger partial charge in [0.15, 0.2) is 0 Å². The van der Waals surface area contributed by atoms with E-state index in [0.29, 0.717) is 18.2 Å². The third kappa shape index (κ3) is 4.35. The highest BCUT2D eigenvalue weighted by atomic mass is 35.5. The van der Waals surface area contributed by atoms with Gasteiger partial charge in [-0.1, -0.05) is 0 Å². The molecule has 0 aliphatic heterocycles. The van der Waals surface area contributed by atoms with Crippen LogP contribution in [0.25, 0.3) is 0 Å². The Labute approximate surface area is 120 Å². The van der Waals surface area contributed by atoms with Crippen molar-refractivity contribution in [1.82, 2.24) is 4.72 Å². The number of nitrogens with two attached hydrogens (primary N) is 1. The average Bonchev–Trinajstić information content (AvgIpc) is 3.20. The van der Waals surface area contributed by atoms with Crippen molar-refractivity contribution in [2.75, 3.05) is 13.7 Å². The normalized spacial score (nSPS) is 16.5. The fourth-order valence-corrected chi connectivity index (χ4v) is 2.81. The largest absolute Gasteiger partial charge is 0.497 e. The minimum atomic E-state index is -3.47. The van der Waals surface area contributed by atoms with Gasteiger partial charge in [0.25, 0.3) is 0 Å². The maximum Gasteiger partial charge on any atom is 0.240 e. The highest BCUT2D eigenvalue weighted by Gasteiger charge is 2.29. The van der Waals surface area contributed by atoms with Gasteiger partial charge in [-0.15, -0.1) is 12.4 Å². The molecule has 0 spiro atoms. The van der Waals surface area contributed by atoms with Gasteiger partial charge in [-0.05, 0) is 43.0 Å². The molecule has 2 rings (SSSR count). The number of methoxy groups -OCH3 is 1. The summed E-state index contributed by atoms with van der Waals surface area (Å²) >= 11 is 0. The number of nitrogens with one attached hydrogen (secondary N) is 1. The van der Waals surface area contributed by atoms with Crippen molar-refractivity contribution >= 4 is 22.4 Å². The molecule has 1 aromatic rings. The highest BCUT2D eigenvalue weighted by molar-refractivity contribution is 7.89. The van der Waals surface area contributed by atoms with Crippen LogP contribution in [0, 0.1) is 5.92 Å². The minimum absolute atomic E-state index is 0. The standard InChI is InChI=1S/C12H18N2O3S.ClH/c1-17-10-4-6-11(7-5-10)18(15,16)14-8-12(13)9-2-3-9;/h4-7,9,12,14H,2-3,8,13H2,1H3;1H. The van der Waals surface area contributed by atoms with Gasteiger partial charge in [0, 0.05) is 12.6 Å². The second-order valence-electron chi connectivity index (χ2n) is 4.53. The number of halogens is 1. The third-order valence-electron chi connectivity index (χ3n) is 3.11. The van der Waals surface area contributed by atoms with E-state index in [1.165, 1.54) is 19.2 Å². The van der Waals surface area contributed by atoms with Gasteiger partial charge >= 0.3 is 0 Å². The van der Waals surface area contributed by atoms with Crippen molar-refractivity contribution in [2.24, 2.45) is 11.7 Å². The van der Waals surface area contributed by atoms with E-state index in [1.807, 2.05) is 0 Å². The summed E-state index contributed by atoms with van der Waals surface area (Å²) in [6, 6.07) is 6.19. The molecule has 1 fully saturated rings. The maximum atomic E-state index is 12.0. The molecule has 0 heterocycles. The van der Waals surface area contributed by atoms with Crippen molar-refractivity contribution in [3.05, 3.63) is 24.3 Å². The van der Waals surface area contributed by atoms with Crippen LogP contribution in [0.1, 0.15) is 12.8 Å². The SMILES string of the molecule is COc1ccc(S(=O)(=O)NCC(N)C2CC2)cc1.Cl. The Morgan fingerprint density at radius 3 is 2.42 bits per heavy atom. The Hall–Kier alpha value is -0.820. The molecule has 7 heteroatoms. The molecule has 1 aromatic carbocycles. The molecule has 0 aromatic heterocycles. The first kappa shape index (κ1) is 16.2. The van der Waals surface area contributed by atoms with Gasteiger partial charge in [0.2, 0.25) is 10.0 Å². The van der Waals surface area contributed by atoms with Gasteiger partial charge < -0.3 is 10.5 Å². The molecule has 3 N–H and O–H groups in total. The number of benzene rings is 1. The predicted octanol–water partition coefficient (Wildman–Crippen LogP) is 1.13. The van der Waals surface area contributed by atoms with E-state index < -0.39 is 10.0 Å². The molecule has 19 heavy (non-hydrogen) atoms. The van der Waals surface area contributed by atoms with Crippen molar-refractivity contribution in [3.63, 3.8) is 0 Å². The van der Waals surface area contributed by atoms with Crippen LogP contribution in [0.15, 0.2) is 29.2 Å². The van der Waals surface area contributed by atoms with Gasteiger partial charge in [0.05, 0.1) is 12.0 Å². The second kappa shape index (κ2) is 6.56. The van der Waals surface area contributed by atoms with Crippen LogP contribution in [0.3, 0.4) is 0 Å². The summed E-state index contributed by atoms with van der Waals surface area (Å²) in [6.45, 7) is 0.291. The molecule has 0 radical (unpaired) electrons. The van der Waals surface area contributed by atoms with Crippen LogP contribution < -0.4 is 15.2 Å². The molecule has 1 atom stereocenters. The molecule has 1 aliphatic rings. The zero-order valence-corrected chi connectivity index (χ0v) is 12.3. The molecule has 0 saturated heterocycles. The maximum absolute atomic E-state index is 12.0. The molecule has 1 aliphatic carbocycles. The van der Waals surface area contributed by atoms with E-state index in [9.17, 15) is 8.42 Å². The molecule has 5 nitrogen and oxygen atoms in total. The first-order valence-electron chi connectivity index (χ1n) is 5.92.